The van der Waals surface area contributed by atoms with E-state index in [4.69, 9.17) is 5.11 Å². The van der Waals surface area contributed by atoms with Crippen LogP contribution >= 0.6 is 0 Å². The second-order valence-corrected chi connectivity index (χ2v) is 6.41. The zero-order valence-electron chi connectivity index (χ0n) is 12.1. The van der Waals surface area contributed by atoms with Crippen LogP contribution < -0.4 is 4.72 Å². The number of carbonyl (C=O) groups is 2. The molecule has 0 fully saturated rings. The summed E-state index contributed by atoms with van der Waals surface area (Å²) in [5.41, 5.74) is 0.0960. The average Bonchev–Trinajstić information content (AvgIpc) is 2.37. The van der Waals surface area contributed by atoms with E-state index in [-0.39, 0.29) is 34.9 Å². The van der Waals surface area contributed by atoms with Gasteiger partial charge in [0.2, 0.25) is 15.9 Å². The largest absolute Gasteiger partial charge is 0.478 e. The number of nitrogens with one attached hydrogen (secondary N) is 1. The second-order valence-electron chi connectivity index (χ2n) is 4.67. The minimum Gasteiger partial charge on any atom is -0.478 e. The molecule has 1 amide bonds. The van der Waals surface area contributed by atoms with Crippen LogP contribution in [0.25, 0.3) is 0 Å². The number of benzene rings is 1. The van der Waals surface area contributed by atoms with Crippen LogP contribution in [-0.2, 0) is 14.8 Å². The summed E-state index contributed by atoms with van der Waals surface area (Å²) in [4.78, 5) is 23.7. The van der Waals surface area contributed by atoms with Crippen molar-refractivity contribution in [1.82, 2.24) is 9.62 Å². The fourth-order valence-corrected chi connectivity index (χ4v) is 3.03. The van der Waals surface area contributed by atoms with E-state index in [1.807, 2.05) is 0 Å². The molecule has 0 heterocycles. The van der Waals surface area contributed by atoms with E-state index in [1.54, 1.807) is 14.1 Å². The van der Waals surface area contributed by atoms with E-state index in [9.17, 15) is 18.0 Å². The lowest BCUT2D eigenvalue weighted by atomic mass is 10.1. The third-order valence-electron chi connectivity index (χ3n) is 2.93. The van der Waals surface area contributed by atoms with Gasteiger partial charge in [0.15, 0.2) is 0 Å². The van der Waals surface area contributed by atoms with Crippen LogP contribution in [0.4, 0.5) is 0 Å². The Balaban J connectivity index is 2.92. The van der Waals surface area contributed by atoms with Gasteiger partial charge in [0.05, 0.1) is 10.5 Å². The predicted molar refractivity (Wildman–Crippen MR) is 76.6 cm³/mol. The summed E-state index contributed by atoms with van der Waals surface area (Å²) >= 11 is 0. The number of sulfonamides is 1. The molecule has 116 valence electrons. The fraction of sp³-hybridized carbons (Fsp3) is 0.385. The van der Waals surface area contributed by atoms with E-state index in [1.165, 1.54) is 30.0 Å². The molecule has 1 aromatic carbocycles. The maximum absolute atomic E-state index is 12.2. The number of rotatable bonds is 6. The van der Waals surface area contributed by atoms with Crippen molar-refractivity contribution < 1.29 is 23.1 Å². The molecule has 0 unspecified atom stereocenters. The van der Waals surface area contributed by atoms with Crippen LogP contribution in [-0.4, -0.2) is 50.9 Å². The van der Waals surface area contributed by atoms with E-state index in [0.717, 1.165) is 0 Å². The molecule has 2 N–H and O–H groups in total. The lowest BCUT2D eigenvalue weighted by molar-refractivity contribution is -0.128. The highest BCUT2D eigenvalue weighted by Crippen LogP contribution is 2.18. The van der Waals surface area contributed by atoms with E-state index < -0.39 is 16.0 Å². The molecule has 21 heavy (non-hydrogen) atoms. The lowest BCUT2D eigenvalue weighted by Gasteiger charge is -2.12. The molecule has 0 aliphatic heterocycles. The number of carbonyl (C=O) groups excluding carboxylic acids is 1. The maximum atomic E-state index is 12.2. The number of aromatic carboxylic acids is 1. The highest BCUT2D eigenvalue weighted by molar-refractivity contribution is 7.89. The van der Waals surface area contributed by atoms with Gasteiger partial charge in [0.1, 0.15) is 0 Å². The van der Waals surface area contributed by atoms with E-state index >= 15 is 0 Å². The van der Waals surface area contributed by atoms with Crippen molar-refractivity contribution in [3.05, 3.63) is 29.3 Å². The highest BCUT2D eigenvalue weighted by Gasteiger charge is 2.20. The zero-order chi connectivity index (χ0) is 16.2. The molecule has 1 rings (SSSR count). The number of nitrogens with zero attached hydrogens (tertiary/aromatic N) is 1. The summed E-state index contributed by atoms with van der Waals surface area (Å²) in [5.74, 6) is -1.39. The van der Waals surface area contributed by atoms with Crippen LogP contribution in [0.15, 0.2) is 23.1 Å². The van der Waals surface area contributed by atoms with Crippen molar-refractivity contribution in [3.63, 3.8) is 0 Å². The summed E-state index contributed by atoms with van der Waals surface area (Å²) < 4.78 is 26.6. The van der Waals surface area contributed by atoms with Crippen molar-refractivity contribution in [2.45, 2.75) is 18.2 Å². The molecule has 0 aromatic heterocycles. The third-order valence-corrected chi connectivity index (χ3v) is 4.54. The predicted octanol–water partition coefficient (Wildman–Crippen LogP) is 0.450. The lowest BCUT2D eigenvalue weighted by Crippen LogP contribution is -2.30. The van der Waals surface area contributed by atoms with Gasteiger partial charge >= 0.3 is 5.97 Å². The SMILES string of the molecule is Cc1c(C(=O)O)cccc1S(=O)(=O)NCCC(=O)N(C)C. The summed E-state index contributed by atoms with van der Waals surface area (Å²) in [6.45, 7) is 1.39. The number of hydrogen-bond acceptors (Lipinski definition) is 4. The Morgan fingerprint density at radius 2 is 1.90 bits per heavy atom. The topological polar surface area (TPSA) is 104 Å². The molecule has 1 aromatic rings. The fourth-order valence-electron chi connectivity index (χ4n) is 1.73. The van der Waals surface area contributed by atoms with Gasteiger partial charge in [-0.25, -0.2) is 17.9 Å². The van der Waals surface area contributed by atoms with Crippen LogP contribution in [0.5, 0.6) is 0 Å². The normalized spacial score (nSPS) is 11.2. The molecule has 0 aliphatic rings. The molecular formula is C13H18N2O5S. The van der Waals surface area contributed by atoms with Gasteiger partial charge in [0, 0.05) is 27.1 Å². The van der Waals surface area contributed by atoms with E-state index in [2.05, 4.69) is 4.72 Å². The van der Waals surface area contributed by atoms with Gasteiger partial charge < -0.3 is 10.0 Å². The van der Waals surface area contributed by atoms with Crippen molar-refractivity contribution in [2.75, 3.05) is 20.6 Å². The summed E-state index contributed by atoms with van der Waals surface area (Å²) in [6, 6.07) is 4.04. The van der Waals surface area contributed by atoms with Gasteiger partial charge in [0.25, 0.3) is 0 Å². The van der Waals surface area contributed by atoms with Gasteiger partial charge in [-0.3, -0.25) is 4.79 Å². The highest BCUT2D eigenvalue weighted by atomic mass is 32.2. The first-order chi connectivity index (χ1) is 9.66. The summed E-state index contributed by atoms with van der Waals surface area (Å²) in [5, 5.41) is 9.00. The first-order valence-corrected chi connectivity index (χ1v) is 7.68. The molecule has 8 heteroatoms. The molecule has 0 bridgehead atoms. The van der Waals surface area contributed by atoms with Gasteiger partial charge in [-0.05, 0) is 24.6 Å². The van der Waals surface area contributed by atoms with Crippen molar-refractivity contribution in [3.8, 4) is 0 Å². The molecule has 0 saturated heterocycles. The quantitative estimate of drug-likeness (QED) is 0.793. The molecule has 0 atom stereocenters. The average molecular weight is 314 g/mol. The van der Waals surface area contributed by atoms with Crippen LogP contribution in [0.3, 0.4) is 0 Å². The number of carboxylic acids is 1. The van der Waals surface area contributed by atoms with Gasteiger partial charge in [-0.15, -0.1) is 0 Å². The minimum atomic E-state index is -3.85. The van der Waals surface area contributed by atoms with E-state index in [0.29, 0.717) is 0 Å². The maximum Gasteiger partial charge on any atom is 0.335 e. The van der Waals surface area contributed by atoms with Crippen LogP contribution in [0, 0.1) is 6.92 Å². The molecule has 7 nitrogen and oxygen atoms in total. The molecule has 0 saturated carbocycles. The first kappa shape index (κ1) is 17.1. The Labute approximate surface area is 123 Å². The smallest absolute Gasteiger partial charge is 0.335 e. The number of carboxylic acid groups (broad SMARTS) is 1. The van der Waals surface area contributed by atoms with Crippen molar-refractivity contribution in [1.29, 1.82) is 0 Å². The second kappa shape index (κ2) is 6.68. The summed E-state index contributed by atoms with van der Waals surface area (Å²) in [6.07, 6.45) is 0.0316. The zero-order valence-corrected chi connectivity index (χ0v) is 12.9. The van der Waals surface area contributed by atoms with Crippen LogP contribution in [0.1, 0.15) is 22.3 Å². The van der Waals surface area contributed by atoms with Crippen LogP contribution in [0.2, 0.25) is 0 Å². The Morgan fingerprint density at radius 3 is 2.43 bits per heavy atom. The van der Waals surface area contributed by atoms with Crippen molar-refractivity contribution in [2.24, 2.45) is 0 Å². The molecule has 0 spiro atoms. The standard InChI is InChI=1S/C13H18N2O5S/c1-9-10(13(17)18)5-4-6-11(9)21(19,20)14-8-7-12(16)15(2)3/h4-6,14H,7-8H2,1-3H3,(H,17,18). The molecule has 0 radical (unpaired) electrons. The summed E-state index contributed by atoms with van der Waals surface area (Å²) in [7, 11) is -0.691. The molecule has 0 aliphatic carbocycles. The number of hydrogen-bond donors (Lipinski definition) is 2. The monoisotopic (exact) mass is 314 g/mol. The third kappa shape index (κ3) is 4.27. The van der Waals surface area contributed by atoms with Crippen molar-refractivity contribution >= 4 is 21.9 Å². The minimum absolute atomic E-state index is 0.0316. The Morgan fingerprint density at radius 1 is 1.29 bits per heavy atom. The Bertz CT molecular complexity index is 653. The first-order valence-electron chi connectivity index (χ1n) is 6.19. The Kier molecular flexibility index (Phi) is 5.45. The Hall–Kier alpha value is -1.93. The molecular weight excluding hydrogens is 296 g/mol. The van der Waals surface area contributed by atoms with Gasteiger partial charge in [-0.2, -0.15) is 0 Å². The van der Waals surface area contributed by atoms with Gasteiger partial charge in [-0.1, -0.05) is 6.07 Å². The number of amides is 1.